The Morgan fingerprint density at radius 2 is 1.80 bits per heavy atom. The zero-order valence-corrected chi connectivity index (χ0v) is 15.1. The van der Waals surface area contributed by atoms with Gasteiger partial charge in [0.25, 0.3) is 0 Å². The van der Waals surface area contributed by atoms with Crippen LogP contribution in [0, 0.1) is 0 Å². The van der Waals surface area contributed by atoms with Crippen molar-refractivity contribution in [2.45, 2.75) is 31.7 Å². The molecule has 0 radical (unpaired) electrons. The Labute approximate surface area is 149 Å². The van der Waals surface area contributed by atoms with Crippen molar-refractivity contribution in [3.8, 4) is 0 Å². The maximum absolute atomic E-state index is 5.94. The molecule has 25 heavy (non-hydrogen) atoms. The highest BCUT2D eigenvalue weighted by atomic mass is 16.5. The Morgan fingerprint density at radius 3 is 2.60 bits per heavy atom. The van der Waals surface area contributed by atoms with Crippen LogP contribution in [0.3, 0.4) is 0 Å². The summed E-state index contributed by atoms with van der Waals surface area (Å²) in [6.45, 7) is 5.19. The van der Waals surface area contributed by atoms with E-state index in [4.69, 9.17) is 9.73 Å². The Bertz CT molecular complexity index is 922. The highest BCUT2D eigenvalue weighted by Gasteiger charge is 2.30. The molecule has 0 saturated carbocycles. The number of benzene rings is 2. The summed E-state index contributed by atoms with van der Waals surface area (Å²) in [6.07, 6.45) is 3.05. The molecule has 0 unspecified atom stereocenters. The molecule has 0 aliphatic carbocycles. The first kappa shape index (κ1) is 15.9. The fourth-order valence-electron chi connectivity index (χ4n) is 3.72. The highest BCUT2D eigenvalue weighted by molar-refractivity contribution is 5.87. The van der Waals surface area contributed by atoms with Gasteiger partial charge in [-0.3, -0.25) is 0 Å². The predicted molar refractivity (Wildman–Crippen MR) is 103 cm³/mol. The van der Waals surface area contributed by atoms with E-state index in [1.54, 1.807) is 0 Å². The molecule has 0 N–H and O–H groups in total. The number of aliphatic imine (C=N–C) groups is 1. The number of fused-ring (bicyclic) bond motifs is 1. The van der Waals surface area contributed by atoms with Crippen LogP contribution in [0.1, 0.15) is 37.4 Å². The third-order valence-electron chi connectivity index (χ3n) is 5.11. The van der Waals surface area contributed by atoms with E-state index in [-0.39, 0.29) is 11.5 Å². The minimum absolute atomic E-state index is 0.0364. The van der Waals surface area contributed by atoms with Crippen LogP contribution in [0.5, 0.6) is 0 Å². The van der Waals surface area contributed by atoms with Gasteiger partial charge in [0.2, 0.25) is 0 Å². The number of hydrogen-bond acceptors (Lipinski definition) is 2. The number of aryl methyl sites for hydroxylation is 1. The summed E-state index contributed by atoms with van der Waals surface area (Å²) in [5.74, 6) is 0.867. The first-order valence-electron chi connectivity index (χ1n) is 8.83. The van der Waals surface area contributed by atoms with Gasteiger partial charge in [-0.05, 0) is 17.2 Å². The van der Waals surface area contributed by atoms with Crippen LogP contribution in [0.25, 0.3) is 10.9 Å². The molecule has 1 aromatic heterocycles. The minimum Gasteiger partial charge on any atom is -0.478 e. The summed E-state index contributed by atoms with van der Waals surface area (Å²) in [5, 5.41) is 1.31. The molecule has 2 aromatic carbocycles. The van der Waals surface area contributed by atoms with E-state index in [0.29, 0.717) is 6.61 Å². The van der Waals surface area contributed by atoms with Crippen molar-refractivity contribution in [1.82, 2.24) is 4.57 Å². The summed E-state index contributed by atoms with van der Waals surface area (Å²) >= 11 is 0. The normalized spacial score (nSPS) is 17.6. The third-order valence-corrected chi connectivity index (χ3v) is 5.11. The quantitative estimate of drug-likeness (QED) is 0.659. The zero-order valence-electron chi connectivity index (χ0n) is 15.1. The number of nitrogens with zero attached hydrogens (tertiary/aromatic N) is 2. The molecule has 0 amide bonds. The molecule has 2 heterocycles. The van der Waals surface area contributed by atoms with E-state index in [1.807, 2.05) is 6.07 Å². The van der Waals surface area contributed by atoms with E-state index in [2.05, 4.69) is 80.2 Å². The van der Waals surface area contributed by atoms with Crippen molar-refractivity contribution in [2.24, 2.45) is 12.0 Å². The number of para-hydroxylation sites is 1. The lowest BCUT2D eigenvalue weighted by atomic mass is 9.81. The van der Waals surface area contributed by atoms with E-state index < -0.39 is 0 Å². The van der Waals surface area contributed by atoms with Gasteiger partial charge in [-0.15, -0.1) is 0 Å². The lowest BCUT2D eigenvalue weighted by Gasteiger charge is -2.24. The van der Waals surface area contributed by atoms with Crippen molar-refractivity contribution < 1.29 is 4.74 Å². The van der Waals surface area contributed by atoms with Gasteiger partial charge in [-0.2, -0.15) is 0 Å². The van der Waals surface area contributed by atoms with Crippen LogP contribution in [0.15, 0.2) is 65.8 Å². The molecule has 0 saturated heterocycles. The molecular weight excluding hydrogens is 308 g/mol. The van der Waals surface area contributed by atoms with Gasteiger partial charge in [-0.1, -0.05) is 62.4 Å². The Kier molecular flexibility index (Phi) is 3.87. The summed E-state index contributed by atoms with van der Waals surface area (Å²) in [4.78, 5) is 4.84. The second-order valence-electron chi connectivity index (χ2n) is 7.49. The van der Waals surface area contributed by atoms with Crippen LogP contribution in [0.2, 0.25) is 0 Å². The monoisotopic (exact) mass is 332 g/mol. The van der Waals surface area contributed by atoms with Gasteiger partial charge < -0.3 is 9.30 Å². The second kappa shape index (κ2) is 6.07. The molecule has 0 fully saturated rings. The molecule has 4 rings (SSSR count). The summed E-state index contributed by atoms with van der Waals surface area (Å²) in [5.41, 5.74) is 3.80. The molecule has 1 aliphatic heterocycles. The standard InChI is InChI=1S/C22H24N2O/c1-22(2,18-14-24(3)20-12-8-7-11-17(18)20)13-21-23-19(15-25-21)16-9-5-4-6-10-16/h4-12,14,19H,13,15H2,1-3H3/t19-/m0/s1. The summed E-state index contributed by atoms with van der Waals surface area (Å²) in [7, 11) is 2.11. The van der Waals surface area contributed by atoms with Crippen LogP contribution in [-0.2, 0) is 17.2 Å². The van der Waals surface area contributed by atoms with Crippen molar-refractivity contribution >= 4 is 16.8 Å². The zero-order chi connectivity index (χ0) is 17.4. The maximum atomic E-state index is 5.94. The highest BCUT2D eigenvalue weighted by Crippen LogP contribution is 2.36. The predicted octanol–water partition coefficient (Wildman–Crippen LogP) is 5.02. The Morgan fingerprint density at radius 1 is 1.08 bits per heavy atom. The fourth-order valence-corrected chi connectivity index (χ4v) is 3.72. The van der Waals surface area contributed by atoms with Gasteiger partial charge in [0.05, 0.1) is 0 Å². The maximum Gasteiger partial charge on any atom is 0.184 e. The smallest absolute Gasteiger partial charge is 0.184 e. The molecule has 0 spiro atoms. The van der Waals surface area contributed by atoms with Gasteiger partial charge in [0.1, 0.15) is 12.6 Å². The van der Waals surface area contributed by atoms with Gasteiger partial charge in [0, 0.05) is 36.0 Å². The minimum atomic E-state index is -0.0364. The average Bonchev–Trinajstić information content (AvgIpc) is 3.21. The van der Waals surface area contributed by atoms with Crippen LogP contribution in [0.4, 0.5) is 0 Å². The number of hydrogen-bond donors (Lipinski definition) is 0. The third kappa shape index (κ3) is 2.95. The molecule has 1 atom stereocenters. The van der Waals surface area contributed by atoms with E-state index in [1.165, 1.54) is 22.0 Å². The number of rotatable bonds is 4. The molecule has 3 nitrogen and oxygen atoms in total. The van der Waals surface area contributed by atoms with Crippen LogP contribution >= 0.6 is 0 Å². The van der Waals surface area contributed by atoms with E-state index in [0.717, 1.165) is 12.3 Å². The van der Waals surface area contributed by atoms with Crippen molar-refractivity contribution in [3.05, 3.63) is 71.9 Å². The van der Waals surface area contributed by atoms with Gasteiger partial charge >= 0.3 is 0 Å². The lowest BCUT2D eigenvalue weighted by molar-refractivity contribution is 0.303. The average molecular weight is 332 g/mol. The van der Waals surface area contributed by atoms with Gasteiger partial charge in [-0.25, -0.2) is 4.99 Å². The Balaban J connectivity index is 1.61. The molecular formula is C22H24N2O. The first-order chi connectivity index (χ1) is 12.0. The van der Waals surface area contributed by atoms with Crippen LogP contribution < -0.4 is 0 Å². The fraction of sp³-hybridized carbons (Fsp3) is 0.318. The Hall–Kier alpha value is -2.55. The largest absolute Gasteiger partial charge is 0.478 e. The summed E-state index contributed by atoms with van der Waals surface area (Å²) < 4.78 is 8.14. The molecule has 3 heteroatoms. The molecule has 3 aromatic rings. The van der Waals surface area contributed by atoms with Crippen molar-refractivity contribution in [2.75, 3.05) is 6.61 Å². The second-order valence-corrected chi connectivity index (χ2v) is 7.49. The summed E-state index contributed by atoms with van der Waals surface area (Å²) in [6, 6.07) is 19.1. The first-order valence-corrected chi connectivity index (χ1v) is 8.83. The molecule has 128 valence electrons. The van der Waals surface area contributed by atoms with Crippen molar-refractivity contribution in [1.29, 1.82) is 0 Å². The molecule has 0 bridgehead atoms. The topological polar surface area (TPSA) is 26.5 Å². The van der Waals surface area contributed by atoms with Crippen LogP contribution in [-0.4, -0.2) is 17.1 Å². The number of ether oxygens (including phenoxy) is 1. The van der Waals surface area contributed by atoms with Gasteiger partial charge in [0.15, 0.2) is 5.90 Å². The van der Waals surface area contributed by atoms with E-state index in [9.17, 15) is 0 Å². The number of aromatic nitrogens is 1. The lowest BCUT2D eigenvalue weighted by Crippen LogP contribution is -2.21. The van der Waals surface area contributed by atoms with Crippen molar-refractivity contribution in [3.63, 3.8) is 0 Å². The SMILES string of the molecule is Cn1cc(C(C)(C)CC2=N[C@H](c3ccccc3)CO2)c2ccccc21. The molecule has 1 aliphatic rings. The van der Waals surface area contributed by atoms with E-state index >= 15 is 0 Å².